The molecule has 2 aromatic carbocycles. The van der Waals surface area contributed by atoms with Crippen LogP contribution in [0.1, 0.15) is 13.8 Å². The second-order valence-electron chi connectivity index (χ2n) is 6.49. The molecule has 2 N–H and O–H groups in total. The van der Waals surface area contributed by atoms with Crippen molar-refractivity contribution in [1.82, 2.24) is 10.3 Å². The zero-order valence-corrected chi connectivity index (χ0v) is 18.5. The molecule has 3 aromatic rings. The highest BCUT2D eigenvalue weighted by atomic mass is 79.9. The van der Waals surface area contributed by atoms with Crippen LogP contribution in [0.15, 0.2) is 59.1 Å². The van der Waals surface area contributed by atoms with Gasteiger partial charge in [-0.05, 0) is 56.3 Å². The number of rotatable bonds is 7. The van der Waals surface area contributed by atoms with Gasteiger partial charge in [0.25, 0.3) is 16.0 Å². The number of nitrogens with zero attached hydrogens (tertiary/aromatic N) is 1. The Labute approximate surface area is 182 Å². The Morgan fingerprint density at radius 2 is 1.70 bits per heavy atom. The Morgan fingerprint density at radius 1 is 1.07 bits per heavy atom. The molecule has 0 aliphatic rings. The third-order valence-electron chi connectivity index (χ3n) is 4.15. The molecule has 0 bridgehead atoms. The molecule has 0 fully saturated rings. The molecule has 8 nitrogen and oxygen atoms in total. The van der Waals surface area contributed by atoms with Crippen molar-refractivity contribution in [2.24, 2.45) is 0 Å². The fourth-order valence-electron chi connectivity index (χ4n) is 2.49. The van der Waals surface area contributed by atoms with Gasteiger partial charge in [-0.3, -0.25) is 9.35 Å². The number of aromatic nitrogens is 1. The first-order valence-electron chi connectivity index (χ1n) is 8.89. The average molecular weight is 495 g/mol. The van der Waals surface area contributed by atoms with Crippen LogP contribution >= 0.6 is 15.9 Å². The molecule has 2 atom stereocenters. The number of carbonyl (C=O) groups excluding carboxylic acids is 1. The van der Waals surface area contributed by atoms with E-state index in [0.29, 0.717) is 17.4 Å². The Balaban J connectivity index is 1.63. The van der Waals surface area contributed by atoms with E-state index in [0.717, 1.165) is 22.3 Å². The number of nitrogens with one attached hydrogen (secondary N) is 1. The van der Waals surface area contributed by atoms with Gasteiger partial charge in [-0.2, -0.15) is 8.42 Å². The summed E-state index contributed by atoms with van der Waals surface area (Å²) in [6.07, 6.45) is -0.971. The molecule has 0 saturated heterocycles. The SMILES string of the molecule is CC(Oc1ccc(Oc2ccc3ccc(Br)cc3n2)cc1)C(=O)NC(C)S(=O)(=O)O. The summed E-state index contributed by atoms with van der Waals surface area (Å²) in [5.74, 6) is 0.675. The molecule has 10 heteroatoms. The van der Waals surface area contributed by atoms with Gasteiger partial charge in [0.2, 0.25) is 5.88 Å². The second kappa shape index (κ2) is 8.99. The summed E-state index contributed by atoms with van der Waals surface area (Å²) in [5, 5.41) is 1.73. The zero-order chi connectivity index (χ0) is 21.9. The van der Waals surface area contributed by atoms with Crippen molar-refractivity contribution in [1.29, 1.82) is 0 Å². The van der Waals surface area contributed by atoms with Crippen LogP contribution in [0.4, 0.5) is 0 Å². The summed E-state index contributed by atoms with van der Waals surface area (Å²) < 4.78 is 43.1. The van der Waals surface area contributed by atoms with Crippen LogP contribution in [0.2, 0.25) is 0 Å². The van der Waals surface area contributed by atoms with E-state index in [1.807, 2.05) is 24.3 Å². The normalized spacial score (nSPS) is 13.5. The number of pyridine rings is 1. The van der Waals surface area contributed by atoms with E-state index in [4.69, 9.17) is 14.0 Å². The van der Waals surface area contributed by atoms with E-state index in [1.165, 1.54) is 6.92 Å². The van der Waals surface area contributed by atoms with Crippen molar-refractivity contribution < 1.29 is 27.2 Å². The minimum absolute atomic E-state index is 0.389. The molecular formula is C20H19BrN2O6S. The highest BCUT2D eigenvalue weighted by molar-refractivity contribution is 9.10. The fraction of sp³-hybridized carbons (Fsp3) is 0.200. The summed E-state index contributed by atoms with van der Waals surface area (Å²) in [7, 11) is -4.37. The molecule has 2 unspecified atom stereocenters. The highest BCUT2D eigenvalue weighted by Crippen LogP contribution is 2.26. The minimum Gasteiger partial charge on any atom is -0.481 e. The van der Waals surface area contributed by atoms with Crippen molar-refractivity contribution in [2.45, 2.75) is 25.3 Å². The third kappa shape index (κ3) is 5.68. The summed E-state index contributed by atoms with van der Waals surface area (Å²) in [5.41, 5.74) is 0.792. The minimum atomic E-state index is -4.37. The van der Waals surface area contributed by atoms with Crippen LogP contribution in [0, 0.1) is 0 Å². The average Bonchev–Trinajstić information content (AvgIpc) is 2.68. The predicted octanol–water partition coefficient (Wildman–Crippen LogP) is 3.91. The maximum absolute atomic E-state index is 12.0. The predicted molar refractivity (Wildman–Crippen MR) is 115 cm³/mol. The van der Waals surface area contributed by atoms with Gasteiger partial charge in [-0.1, -0.05) is 22.0 Å². The number of halogens is 1. The van der Waals surface area contributed by atoms with Crippen molar-refractivity contribution >= 4 is 42.9 Å². The van der Waals surface area contributed by atoms with E-state index >= 15 is 0 Å². The highest BCUT2D eigenvalue weighted by Gasteiger charge is 2.23. The summed E-state index contributed by atoms with van der Waals surface area (Å²) in [6.45, 7) is 2.62. The lowest BCUT2D eigenvalue weighted by Crippen LogP contribution is -2.44. The van der Waals surface area contributed by atoms with E-state index in [2.05, 4.69) is 26.2 Å². The quantitative estimate of drug-likeness (QED) is 0.478. The topological polar surface area (TPSA) is 115 Å². The number of fused-ring (bicyclic) bond motifs is 1. The Morgan fingerprint density at radius 3 is 2.37 bits per heavy atom. The van der Waals surface area contributed by atoms with Crippen molar-refractivity contribution in [3.63, 3.8) is 0 Å². The second-order valence-corrected chi connectivity index (χ2v) is 9.14. The molecule has 0 saturated carbocycles. The van der Waals surface area contributed by atoms with E-state index < -0.39 is 27.5 Å². The smallest absolute Gasteiger partial charge is 0.285 e. The van der Waals surface area contributed by atoms with Gasteiger partial charge in [0, 0.05) is 15.9 Å². The van der Waals surface area contributed by atoms with Crippen LogP contribution < -0.4 is 14.8 Å². The monoisotopic (exact) mass is 494 g/mol. The maximum Gasteiger partial charge on any atom is 0.285 e. The molecule has 0 aliphatic heterocycles. The number of hydrogen-bond acceptors (Lipinski definition) is 6. The molecule has 158 valence electrons. The van der Waals surface area contributed by atoms with E-state index in [1.54, 1.807) is 30.3 Å². The third-order valence-corrected chi connectivity index (χ3v) is 5.65. The van der Waals surface area contributed by atoms with Gasteiger partial charge in [-0.15, -0.1) is 0 Å². The number of benzene rings is 2. The number of ether oxygens (including phenoxy) is 2. The maximum atomic E-state index is 12.0. The summed E-state index contributed by atoms with van der Waals surface area (Å²) in [4.78, 5) is 16.5. The van der Waals surface area contributed by atoms with Gasteiger partial charge >= 0.3 is 0 Å². The largest absolute Gasteiger partial charge is 0.481 e. The van der Waals surface area contributed by atoms with Crippen molar-refractivity contribution in [2.75, 3.05) is 0 Å². The van der Waals surface area contributed by atoms with E-state index in [-0.39, 0.29) is 0 Å². The lowest BCUT2D eigenvalue weighted by atomic mass is 10.2. The van der Waals surface area contributed by atoms with Gasteiger partial charge < -0.3 is 14.8 Å². The molecule has 30 heavy (non-hydrogen) atoms. The summed E-state index contributed by atoms with van der Waals surface area (Å²) in [6, 6.07) is 16.0. The summed E-state index contributed by atoms with van der Waals surface area (Å²) >= 11 is 3.42. The zero-order valence-electron chi connectivity index (χ0n) is 16.1. The standard InChI is InChI=1S/C20H19BrN2O6S/c1-12(20(24)22-13(2)30(25,26)27)28-16-6-8-17(9-7-16)29-19-10-4-14-3-5-15(21)11-18(14)23-19/h3-13H,1-2H3,(H,22,24)(H,25,26,27). The molecule has 0 spiro atoms. The molecule has 1 heterocycles. The van der Waals surface area contributed by atoms with E-state index in [9.17, 15) is 13.2 Å². The molecule has 0 radical (unpaired) electrons. The molecule has 1 aromatic heterocycles. The fourth-order valence-corrected chi connectivity index (χ4v) is 3.10. The first-order chi connectivity index (χ1) is 14.1. The number of amides is 1. The van der Waals surface area contributed by atoms with Gasteiger partial charge in [-0.25, -0.2) is 4.98 Å². The van der Waals surface area contributed by atoms with Crippen LogP contribution in [-0.4, -0.2) is 35.3 Å². The first kappa shape index (κ1) is 22.0. The van der Waals surface area contributed by atoms with Gasteiger partial charge in [0.05, 0.1) is 5.52 Å². The molecule has 0 aliphatic carbocycles. The van der Waals surface area contributed by atoms with Crippen LogP contribution in [0.5, 0.6) is 17.4 Å². The Kier molecular flexibility index (Phi) is 6.59. The lowest BCUT2D eigenvalue weighted by molar-refractivity contribution is -0.127. The van der Waals surface area contributed by atoms with Gasteiger partial charge in [0.15, 0.2) is 11.5 Å². The number of hydrogen-bond donors (Lipinski definition) is 2. The Bertz CT molecular complexity index is 1170. The number of carbonyl (C=O) groups is 1. The van der Waals surface area contributed by atoms with Crippen LogP contribution in [0.3, 0.4) is 0 Å². The van der Waals surface area contributed by atoms with Crippen LogP contribution in [-0.2, 0) is 14.9 Å². The molecular weight excluding hydrogens is 476 g/mol. The van der Waals surface area contributed by atoms with Crippen molar-refractivity contribution in [3.8, 4) is 17.4 Å². The van der Waals surface area contributed by atoms with Crippen molar-refractivity contribution in [3.05, 3.63) is 59.1 Å². The lowest BCUT2D eigenvalue weighted by Gasteiger charge is -2.17. The van der Waals surface area contributed by atoms with Crippen LogP contribution in [0.25, 0.3) is 10.9 Å². The van der Waals surface area contributed by atoms with Gasteiger partial charge in [0.1, 0.15) is 11.5 Å². The Hall–Kier alpha value is -2.69. The first-order valence-corrected chi connectivity index (χ1v) is 11.2. The molecule has 1 amide bonds. The molecule has 3 rings (SSSR count).